The van der Waals surface area contributed by atoms with Gasteiger partial charge in [-0.15, -0.1) is 11.3 Å². The smallest absolute Gasteiger partial charge is 0.254 e. The van der Waals surface area contributed by atoms with Crippen molar-refractivity contribution >= 4 is 22.4 Å². The van der Waals surface area contributed by atoms with E-state index in [4.69, 9.17) is 9.47 Å². The first-order chi connectivity index (χ1) is 11.2. The zero-order valence-corrected chi connectivity index (χ0v) is 13.6. The highest BCUT2D eigenvalue weighted by Gasteiger charge is 2.25. The zero-order valence-electron chi connectivity index (χ0n) is 12.8. The Morgan fingerprint density at radius 3 is 2.70 bits per heavy atom. The Kier molecular flexibility index (Phi) is 3.57. The van der Waals surface area contributed by atoms with Crippen LogP contribution in [-0.2, 0) is 0 Å². The van der Waals surface area contributed by atoms with Crippen LogP contribution in [0.15, 0.2) is 24.4 Å². The molecule has 1 aromatic heterocycles. The monoisotopic (exact) mass is 331 g/mol. The maximum atomic E-state index is 12.6. The van der Waals surface area contributed by atoms with Crippen LogP contribution in [0.4, 0.5) is 5.13 Å². The largest absolute Gasteiger partial charge is 0.454 e. The second kappa shape index (κ2) is 5.73. The van der Waals surface area contributed by atoms with Crippen molar-refractivity contribution in [1.82, 2.24) is 9.88 Å². The van der Waals surface area contributed by atoms with Gasteiger partial charge in [-0.25, -0.2) is 4.98 Å². The fourth-order valence-corrected chi connectivity index (χ4v) is 3.61. The first-order valence-corrected chi connectivity index (χ1v) is 8.39. The molecule has 7 heteroatoms. The first kappa shape index (κ1) is 14.3. The predicted molar refractivity (Wildman–Crippen MR) is 87.5 cm³/mol. The van der Waals surface area contributed by atoms with Crippen molar-refractivity contribution in [2.24, 2.45) is 0 Å². The van der Waals surface area contributed by atoms with E-state index in [-0.39, 0.29) is 12.7 Å². The maximum absolute atomic E-state index is 12.6. The summed E-state index contributed by atoms with van der Waals surface area (Å²) in [6.07, 6.45) is 1.89. The van der Waals surface area contributed by atoms with E-state index in [0.29, 0.717) is 30.2 Å². The number of aromatic nitrogens is 1. The molecule has 4 rings (SSSR count). The van der Waals surface area contributed by atoms with Crippen LogP contribution < -0.4 is 14.4 Å². The summed E-state index contributed by atoms with van der Waals surface area (Å²) in [5, 5.41) is 1.04. The highest BCUT2D eigenvalue weighted by molar-refractivity contribution is 7.15. The topological polar surface area (TPSA) is 54.9 Å². The molecule has 0 atom stereocenters. The van der Waals surface area contributed by atoms with E-state index in [0.717, 1.165) is 18.2 Å². The molecule has 0 N–H and O–H groups in total. The number of aryl methyl sites for hydroxylation is 1. The SMILES string of the molecule is Cc1cnc(N2CCN(C(=O)c3ccc4c(c3)OCO4)CC2)s1. The van der Waals surface area contributed by atoms with Crippen molar-refractivity contribution in [1.29, 1.82) is 0 Å². The highest BCUT2D eigenvalue weighted by Crippen LogP contribution is 2.33. The lowest BCUT2D eigenvalue weighted by atomic mass is 10.1. The Morgan fingerprint density at radius 1 is 1.17 bits per heavy atom. The Labute approximate surface area is 138 Å². The Morgan fingerprint density at radius 2 is 1.96 bits per heavy atom. The average Bonchev–Trinajstić information content (AvgIpc) is 3.22. The average molecular weight is 331 g/mol. The highest BCUT2D eigenvalue weighted by atomic mass is 32.1. The summed E-state index contributed by atoms with van der Waals surface area (Å²) in [7, 11) is 0. The number of carbonyl (C=O) groups is 1. The minimum atomic E-state index is 0.0401. The van der Waals surface area contributed by atoms with Crippen LogP contribution in [0.5, 0.6) is 11.5 Å². The van der Waals surface area contributed by atoms with Crippen molar-refractivity contribution in [3.05, 3.63) is 34.8 Å². The van der Waals surface area contributed by atoms with Crippen molar-refractivity contribution in [2.75, 3.05) is 37.9 Å². The van der Waals surface area contributed by atoms with Crippen molar-refractivity contribution in [2.45, 2.75) is 6.92 Å². The summed E-state index contributed by atoms with van der Waals surface area (Å²) in [5.74, 6) is 1.39. The second-order valence-corrected chi connectivity index (χ2v) is 6.81. The van der Waals surface area contributed by atoms with Gasteiger partial charge in [0.05, 0.1) is 0 Å². The number of amides is 1. The van der Waals surface area contributed by atoms with Crippen molar-refractivity contribution in [3.8, 4) is 11.5 Å². The Hall–Kier alpha value is -2.28. The minimum Gasteiger partial charge on any atom is -0.454 e. The number of carbonyl (C=O) groups excluding carboxylic acids is 1. The first-order valence-electron chi connectivity index (χ1n) is 7.57. The molecule has 6 nitrogen and oxygen atoms in total. The molecule has 0 spiro atoms. The normalized spacial score (nSPS) is 16.7. The quantitative estimate of drug-likeness (QED) is 0.844. The lowest BCUT2D eigenvalue weighted by Gasteiger charge is -2.34. The summed E-state index contributed by atoms with van der Waals surface area (Å²) in [5.41, 5.74) is 0.646. The number of ether oxygens (including phenoxy) is 2. The van der Waals surface area contributed by atoms with Crippen LogP contribution in [0.1, 0.15) is 15.2 Å². The van der Waals surface area contributed by atoms with Crippen LogP contribution in [0, 0.1) is 6.92 Å². The number of anilines is 1. The zero-order chi connectivity index (χ0) is 15.8. The molecule has 23 heavy (non-hydrogen) atoms. The van der Waals surface area contributed by atoms with Crippen molar-refractivity contribution in [3.63, 3.8) is 0 Å². The van der Waals surface area contributed by atoms with Gasteiger partial charge in [0, 0.05) is 42.8 Å². The van der Waals surface area contributed by atoms with Gasteiger partial charge in [-0.05, 0) is 25.1 Å². The molecule has 1 aromatic carbocycles. The molecule has 1 amide bonds. The molecule has 0 radical (unpaired) electrons. The molecular weight excluding hydrogens is 314 g/mol. The summed E-state index contributed by atoms with van der Waals surface area (Å²) in [6.45, 7) is 5.30. The van der Waals surface area contributed by atoms with Gasteiger partial charge in [-0.1, -0.05) is 0 Å². The number of rotatable bonds is 2. The van der Waals surface area contributed by atoms with Gasteiger partial charge in [0.15, 0.2) is 16.6 Å². The molecule has 0 saturated carbocycles. The van der Waals surface area contributed by atoms with E-state index in [1.54, 1.807) is 29.5 Å². The molecule has 3 heterocycles. The van der Waals surface area contributed by atoms with E-state index in [1.165, 1.54) is 4.88 Å². The van der Waals surface area contributed by atoms with E-state index in [1.807, 2.05) is 11.1 Å². The van der Waals surface area contributed by atoms with Crippen LogP contribution in [0.25, 0.3) is 0 Å². The lowest BCUT2D eigenvalue weighted by Crippen LogP contribution is -2.48. The van der Waals surface area contributed by atoms with Gasteiger partial charge in [0.1, 0.15) is 0 Å². The third kappa shape index (κ3) is 2.72. The van der Waals surface area contributed by atoms with E-state index >= 15 is 0 Å². The molecule has 1 saturated heterocycles. The number of thiazole rings is 1. The van der Waals surface area contributed by atoms with Gasteiger partial charge < -0.3 is 19.3 Å². The molecule has 2 aliphatic rings. The summed E-state index contributed by atoms with van der Waals surface area (Å²) in [6, 6.07) is 5.36. The molecule has 1 fully saturated rings. The van der Waals surface area contributed by atoms with Crippen molar-refractivity contribution < 1.29 is 14.3 Å². The number of nitrogens with zero attached hydrogens (tertiary/aromatic N) is 3. The van der Waals surface area contributed by atoms with Crippen LogP contribution in [-0.4, -0.2) is 48.8 Å². The molecule has 0 bridgehead atoms. The lowest BCUT2D eigenvalue weighted by molar-refractivity contribution is 0.0746. The van der Waals surface area contributed by atoms with E-state index in [9.17, 15) is 4.79 Å². The number of hydrogen-bond acceptors (Lipinski definition) is 6. The summed E-state index contributed by atoms with van der Waals surface area (Å²) < 4.78 is 10.6. The van der Waals surface area contributed by atoms with Gasteiger partial charge in [-0.3, -0.25) is 4.79 Å². The third-order valence-corrected chi connectivity index (χ3v) is 5.04. The van der Waals surface area contributed by atoms with Crippen LogP contribution >= 0.6 is 11.3 Å². The summed E-state index contributed by atoms with van der Waals surface area (Å²) >= 11 is 1.69. The molecule has 120 valence electrons. The standard InChI is InChI=1S/C16H17N3O3S/c1-11-9-17-16(23-11)19-6-4-18(5-7-19)15(20)12-2-3-13-14(8-12)22-10-21-13/h2-3,8-9H,4-7,10H2,1H3. The van der Waals surface area contributed by atoms with Gasteiger partial charge >= 0.3 is 0 Å². The number of fused-ring (bicyclic) bond motifs is 1. The second-order valence-electron chi connectivity index (χ2n) is 5.60. The number of piperazine rings is 1. The fraction of sp³-hybridized carbons (Fsp3) is 0.375. The van der Waals surface area contributed by atoms with Crippen LogP contribution in [0.2, 0.25) is 0 Å². The van der Waals surface area contributed by atoms with Gasteiger partial charge in [-0.2, -0.15) is 0 Å². The van der Waals surface area contributed by atoms with E-state index < -0.39 is 0 Å². The fourth-order valence-electron chi connectivity index (χ4n) is 2.80. The number of benzene rings is 1. The Bertz CT molecular complexity index is 738. The maximum Gasteiger partial charge on any atom is 0.254 e. The van der Waals surface area contributed by atoms with Gasteiger partial charge in [0.25, 0.3) is 5.91 Å². The number of hydrogen-bond donors (Lipinski definition) is 0. The molecular formula is C16H17N3O3S. The minimum absolute atomic E-state index is 0.0401. The molecule has 2 aliphatic heterocycles. The van der Waals surface area contributed by atoms with Crippen LogP contribution in [0.3, 0.4) is 0 Å². The molecule has 0 unspecified atom stereocenters. The third-order valence-electron chi connectivity index (χ3n) is 4.07. The Balaban J connectivity index is 1.43. The van der Waals surface area contributed by atoms with Gasteiger partial charge in [0.2, 0.25) is 6.79 Å². The molecule has 2 aromatic rings. The molecule has 0 aliphatic carbocycles. The van der Waals surface area contributed by atoms with E-state index in [2.05, 4.69) is 16.8 Å². The predicted octanol–water partition coefficient (Wildman–Crippen LogP) is 2.14. The summed E-state index contributed by atoms with van der Waals surface area (Å²) in [4.78, 5) is 22.4.